The first kappa shape index (κ1) is 9.56. The molecule has 1 aromatic heterocycles. The fourth-order valence-corrected chi connectivity index (χ4v) is 2.09. The summed E-state index contributed by atoms with van der Waals surface area (Å²) in [6.07, 6.45) is 1.95. The number of hydrogen-bond acceptors (Lipinski definition) is 1. The van der Waals surface area contributed by atoms with Gasteiger partial charge in [0, 0.05) is 24.7 Å². The second kappa shape index (κ2) is 3.64. The quantitative estimate of drug-likeness (QED) is 0.808. The Kier molecular flexibility index (Phi) is 2.48. The third-order valence-electron chi connectivity index (χ3n) is 2.42. The molecule has 0 fully saturated rings. The number of aromatic nitrogens is 1. The molecule has 0 saturated carbocycles. The average Bonchev–Trinajstić information content (AvgIpc) is 2.46. The highest BCUT2D eigenvalue weighted by Gasteiger charge is 2.07. The first-order valence-electron chi connectivity index (χ1n) is 4.68. The van der Waals surface area contributed by atoms with Crippen molar-refractivity contribution in [1.82, 2.24) is 4.57 Å². The van der Waals surface area contributed by atoms with Crippen molar-refractivity contribution >= 4 is 22.5 Å². The van der Waals surface area contributed by atoms with E-state index < -0.39 is 0 Å². The minimum atomic E-state index is 0.633. The van der Waals surface area contributed by atoms with Gasteiger partial charge < -0.3 is 10.3 Å². The molecule has 3 heteroatoms. The monoisotopic (exact) mass is 208 g/mol. The zero-order valence-electron chi connectivity index (χ0n) is 8.13. The molecule has 2 nitrogen and oxygen atoms in total. The van der Waals surface area contributed by atoms with E-state index in [2.05, 4.69) is 17.6 Å². The van der Waals surface area contributed by atoms with Crippen molar-refractivity contribution in [3.8, 4) is 0 Å². The summed E-state index contributed by atoms with van der Waals surface area (Å²) in [5.41, 5.74) is 7.98. The van der Waals surface area contributed by atoms with E-state index in [0.717, 1.165) is 17.0 Å². The molecule has 0 bridgehead atoms. The molecule has 0 saturated heterocycles. The van der Waals surface area contributed by atoms with E-state index in [4.69, 9.17) is 17.3 Å². The summed E-state index contributed by atoms with van der Waals surface area (Å²) in [6, 6.07) is 6.15. The Morgan fingerprint density at radius 2 is 2.21 bits per heavy atom. The SMILES string of the molecule is Cc1cccc2c(Cl)cn(CCN)c12. The molecule has 0 atom stereocenters. The van der Waals surface area contributed by atoms with Gasteiger partial charge in [0.1, 0.15) is 0 Å². The highest BCUT2D eigenvalue weighted by Crippen LogP contribution is 2.27. The molecule has 0 spiro atoms. The van der Waals surface area contributed by atoms with Crippen molar-refractivity contribution in [2.24, 2.45) is 5.73 Å². The molecular formula is C11H13ClN2. The number of fused-ring (bicyclic) bond motifs is 1. The molecular weight excluding hydrogens is 196 g/mol. The lowest BCUT2D eigenvalue weighted by atomic mass is 10.2. The van der Waals surface area contributed by atoms with Gasteiger partial charge in [0.15, 0.2) is 0 Å². The predicted octanol–water partition coefficient (Wildman–Crippen LogP) is 2.56. The topological polar surface area (TPSA) is 30.9 Å². The number of nitrogens with two attached hydrogens (primary N) is 1. The lowest BCUT2D eigenvalue weighted by Gasteiger charge is -2.04. The highest BCUT2D eigenvalue weighted by atomic mass is 35.5. The summed E-state index contributed by atoms with van der Waals surface area (Å²) in [5.74, 6) is 0. The standard InChI is InChI=1S/C11H13ClN2/c1-8-3-2-4-9-10(12)7-14(6-5-13)11(8)9/h2-4,7H,5-6,13H2,1H3. The van der Waals surface area contributed by atoms with E-state index >= 15 is 0 Å². The van der Waals surface area contributed by atoms with Crippen LogP contribution in [-0.2, 0) is 6.54 Å². The van der Waals surface area contributed by atoms with Gasteiger partial charge in [-0.2, -0.15) is 0 Å². The number of nitrogens with zero attached hydrogens (tertiary/aromatic N) is 1. The van der Waals surface area contributed by atoms with Crippen molar-refractivity contribution in [3.63, 3.8) is 0 Å². The number of hydrogen-bond donors (Lipinski definition) is 1. The minimum absolute atomic E-state index is 0.633. The fraction of sp³-hybridized carbons (Fsp3) is 0.273. The first-order valence-corrected chi connectivity index (χ1v) is 5.06. The van der Waals surface area contributed by atoms with Crippen molar-refractivity contribution in [2.45, 2.75) is 13.5 Å². The van der Waals surface area contributed by atoms with Gasteiger partial charge in [0.25, 0.3) is 0 Å². The molecule has 0 radical (unpaired) electrons. The van der Waals surface area contributed by atoms with Crippen LogP contribution in [0.1, 0.15) is 5.56 Å². The maximum Gasteiger partial charge on any atom is 0.0661 e. The number of para-hydroxylation sites is 1. The van der Waals surface area contributed by atoms with Crippen molar-refractivity contribution in [3.05, 3.63) is 35.0 Å². The lowest BCUT2D eigenvalue weighted by molar-refractivity contribution is 0.734. The van der Waals surface area contributed by atoms with Crippen molar-refractivity contribution in [2.75, 3.05) is 6.54 Å². The summed E-state index contributed by atoms with van der Waals surface area (Å²) in [5, 5.41) is 1.91. The third kappa shape index (κ3) is 1.41. The van der Waals surface area contributed by atoms with Gasteiger partial charge in [-0.1, -0.05) is 29.8 Å². The fourth-order valence-electron chi connectivity index (χ4n) is 1.82. The predicted molar refractivity (Wildman–Crippen MR) is 60.7 cm³/mol. The zero-order valence-corrected chi connectivity index (χ0v) is 8.88. The van der Waals surface area contributed by atoms with Crippen LogP contribution in [0.5, 0.6) is 0 Å². The van der Waals surface area contributed by atoms with Crippen LogP contribution in [0.3, 0.4) is 0 Å². The summed E-state index contributed by atoms with van der Waals surface area (Å²) < 4.78 is 2.12. The molecule has 14 heavy (non-hydrogen) atoms. The second-order valence-electron chi connectivity index (χ2n) is 3.43. The molecule has 2 aromatic rings. The van der Waals surface area contributed by atoms with Crippen LogP contribution in [0, 0.1) is 6.92 Å². The molecule has 1 heterocycles. The molecule has 0 unspecified atom stereocenters. The van der Waals surface area contributed by atoms with Gasteiger partial charge in [-0.3, -0.25) is 0 Å². The van der Waals surface area contributed by atoms with E-state index in [9.17, 15) is 0 Å². The van der Waals surface area contributed by atoms with Crippen LogP contribution in [-0.4, -0.2) is 11.1 Å². The van der Waals surface area contributed by atoms with Gasteiger partial charge in [0.2, 0.25) is 0 Å². The molecule has 1 aromatic carbocycles. The summed E-state index contributed by atoms with van der Waals surface area (Å²) in [6.45, 7) is 3.54. The zero-order chi connectivity index (χ0) is 10.1. The van der Waals surface area contributed by atoms with Gasteiger partial charge in [-0.25, -0.2) is 0 Å². The number of benzene rings is 1. The Bertz CT molecular complexity index is 460. The average molecular weight is 209 g/mol. The van der Waals surface area contributed by atoms with E-state index in [1.165, 1.54) is 11.1 Å². The molecule has 2 N–H and O–H groups in total. The second-order valence-corrected chi connectivity index (χ2v) is 3.84. The minimum Gasteiger partial charge on any atom is -0.344 e. The molecule has 2 rings (SSSR count). The van der Waals surface area contributed by atoms with Crippen LogP contribution < -0.4 is 5.73 Å². The van der Waals surface area contributed by atoms with Gasteiger partial charge in [0.05, 0.1) is 10.5 Å². The van der Waals surface area contributed by atoms with Crippen molar-refractivity contribution in [1.29, 1.82) is 0 Å². The third-order valence-corrected chi connectivity index (χ3v) is 2.72. The number of aryl methyl sites for hydroxylation is 1. The van der Waals surface area contributed by atoms with Gasteiger partial charge in [-0.15, -0.1) is 0 Å². The smallest absolute Gasteiger partial charge is 0.0661 e. The van der Waals surface area contributed by atoms with E-state index in [0.29, 0.717) is 6.54 Å². The summed E-state index contributed by atoms with van der Waals surface area (Å²) >= 11 is 6.12. The molecule has 0 aliphatic carbocycles. The van der Waals surface area contributed by atoms with E-state index in [-0.39, 0.29) is 0 Å². The lowest BCUT2D eigenvalue weighted by Crippen LogP contribution is -2.08. The van der Waals surface area contributed by atoms with Crippen LogP contribution in [0.15, 0.2) is 24.4 Å². The van der Waals surface area contributed by atoms with Crippen LogP contribution in [0.25, 0.3) is 10.9 Å². The van der Waals surface area contributed by atoms with Crippen LogP contribution in [0.2, 0.25) is 5.02 Å². The maximum absolute atomic E-state index is 6.12. The molecule has 0 aliphatic rings. The molecule has 74 valence electrons. The number of halogens is 1. The van der Waals surface area contributed by atoms with Gasteiger partial charge >= 0.3 is 0 Å². The Labute approximate surface area is 88.3 Å². The molecule has 0 amide bonds. The molecule has 0 aliphatic heterocycles. The summed E-state index contributed by atoms with van der Waals surface area (Å²) in [4.78, 5) is 0. The Morgan fingerprint density at radius 3 is 2.93 bits per heavy atom. The van der Waals surface area contributed by atoms with E-state index in [1.54, 1.807) is 0 Å². The Morgan fingerprint density at radius 1 is 1.43 bits per heavy atom. The summed E-state index contributed by atoms with van der Waals surface area (Å²) in [7, 11) is 0. The van der Waals surface area contributed by atoms with Crippen LogP contribution >= 0.6 is 11.6 Å². The maximum atomic E-state index is 6.12. The van der Waals surface area contributed by atoms with Gasteiger partial charge in [-0.05, 0) is 12.5 Å². The van der Waals surface area contributed by atoms with Crippen molar-refractivity contribution < 1.29 is 0 Å². The Hall–Kier alpha value is -0.990. The highest BCUT2D eigenvalue weighted by molar-refractivity contribution is 6.35. The van der Waals surface area contributed by atoms with Crippen LogP contribution in [0.4, 0.5) is 0 Å². The largest absolute Gasteiger partial charge is 0.344 e. The number of rotatable bonds is 2. The normalized spacial score (nSPS) is 11.1. The first-order chi connectivity index (χ1) is 6.74. The Balaban J connectivity index is 2.72. The van der Waals surface area contributed by atoms with E-state index in [1.807, 2.05) is 18.3 Å².